The van der Waals surface area contributed by atoms with E-state index in [-0.39, 0.29) is 18.0 Å². The van der Waals surface area contributed by atoms with Crippen molar-refractivity contribution in [1.29, 1.82) is 0 Å². The van der Waals surface area contributed by atoms with Crippen LogP contribution in [0.4, 0.5) is 0 Å². The first-order chi connectivity index (χ1) is 11.6. The topological polar surface area (TPSA) is 81.3 Å². The smallest absolute Gasteiger partial charge is 0.254 e. The molecule has 0 aliphatic carbocycles. The summed E-state index contributed by atoms with van der Waals surface area (Å²) in [5.41, 5.74) is 6.67. The molecule has 2 atom stereocenters. The molecule has 1 aromatic heterocycles. The quantitative estimate of drug-likeness (QED) is 0.934. The highest BCUT2D eigenvalue weighted by atomic mass is 16.5. The second kappa shape index (κ2) is 7.40. The van der Waals surface area contributed by atoms with Crippen LogP contribution in [0.3, 0.4) is 0 Å². The number of hydrogen-bond donors (Lipinski definition) is 1. The van der Waals surface area contributed by atoms with Gasteiger partial charge in [0.2, 0.25) is 5.88 Å². The summed E-state index contributed by atoms with van der Waals surface area (Å²) in [6.45, 7) is 2.71. The van der Waals surface area contributed by atoms with Crippen LogP contribution in [0.15, 0.2) is 42.9 Å². The highest BCUT2D eigenvalue weighted by Gasteiger charge is 2.29. The van der Waals surface area contributed by atoms with Crippen LogP contribution >= 0.6 is 0 Å². The number of ether oxygens (including phenoxy) is 1. The summed E-state index contributed by atoms with van der Waals surface area (Å²) in [5.74, 6) is 0.964. The van der Waals surface area contributed by atoms with E-state index in [0.717, 1.165) is 25.8 Å². The van der Waals surface area contributed by atoms with Gasteiger partial charge in [-0.2, -0.15) is 0 Å². The van der Waals surface area contributed by atoms with E-state index in [1.54, 1.807) is 30.6 Å². The molecule has 0 bridgehead atoms. The van der Waals surface area contributed by atoms with Gasteiger partial charge in [0.15, 0.2) is 0 Å². The van der Waals surface area contributed by atoms with Gasteiger partial charge in [-0.05, 0) is 44.4 Å². The Hall–Kier alpha value is -2.47. The van der Waals surface area contributed by atoms with E-state index in [2.05, 4.69) is 9.97 Å². The van der Waals surface area contributed by atoms with Gasteiger partial charge in [-0.1, -0.05) is 6.07 Å². The van der Waals surface area contributed by atoms with Crippen LogP contribution in [0.2, 0.25) is 0 Å². The fourth-order valence-electron chi connectivity index (χ4n) is 3.07. The molecule has 126 valence electrons. The van der Waals surface area contributed by atoms with Crippen molar-refractivity contribution >= 4 is 5.91 Å². The number of benzene rings is 1. The minimum absolute atomic E-state index is 0.00148. The van der Waals surface area contributed by atoms with E-state index in [9.17, 15) is 4.79 Å². The number of rotatable bonds is 4. The number of hydrogen-bond acceptors (Lipinski definition) is 5. The van der Waals surface area contributed by atoms with Gasteiger partial charge in [-0.3, -0.25) is 9.78 Å². The molecule has 1 aliphatic rings. The monoisotopic (exact) mass is 326 g/mol. The van der Waals surface area contributed by atoms with E-state index in [1.165, 1.54) is 6.20 Å². The molecule has 1 aromatic carbocycles. The molecule has 1 fully saturated rings. The average molecular weight is 326 g/mol. The predicted molar refractivity (Wildman–Crippen MR) is 90.9 cm³/mol. The predicted octanol–water partition coefficient (Wildman–Crippen LogP) is 2.61. The zero-order valence-electron chi connectivity index (χ0n) is 13.8. The van der Waals surface area contributed by atoms with Crippen molar-refractivity contribution in [2.75, 3.05) is 6.54 Å². The zero-order chi connectivity index (χ0) is 16.9. The molecular weight excluding hydrogens is 304 g/mol. The van der Waals surface area contributed by atoms with Crippen LogP contribution in [0.25, 0.3) is 0 Å². The molecule has 2 N–H and O–H groups in total. The van der Waals surface area contributed by atoms with E-state index in [0.29, 0.717) is 17.2 Å². The van der Waals surface area contributed by atoms with Crippen molar-refractivity contribution in [1.82, 2.24) is 14.9 Å². The van der Waals surface area contributed by atoms with Gasteiger partial charge < -0.3 is 15.4 Å². The first kappa shape index (κ1) is 16.4. The van der Waals surface area contributed by atoms with Gasteiger partial charge in [0.1, 0.15) is 5.75 Å². The fraction of sp³-hybridized carbons (Fsp3) is 0.389. The highest BCUT2D eigenvalue weighted by molar-refractivity contribution is 5.95. The lowest BCUT2D eigenvalue weighted by molar-refractivity contribution is 0.0583. The normalized spacial score (nSPS) is 18.9. The van der Waals surface area contributed by atoms with Gasteiger partial charge in [-0.15, -0.1) is 0 Å². The molecule has 1 saturated heterocycles. The van der Waals surface area contributed by atoms with Crippen molar-refractivity contribution in [3.05, 3.63) is 48.4 Å². The third-order valence-electron chi connectivity index (χ3n) is 4.26. The Labute approximate surface area is 141 Å². The van der Waals surface area contributed by atoms with Gasteiger partial charge >= 0.3 is 0 Å². The van der Waals surface area contributed by atoms with Crippen LogP contribution in [-0.2, 0) is 0 Å². The molecule has 3 rings (SSSR count). The summed E-state index contributed by atoms with van der Waals surface area (Å²) < 4.78 is 5.66. The number of nitrogens with two attached hydrogens (primary N) is 1. The first-order valence-corrected chi connectivity index (χ1v) is 8.25. The van der Waals surface area contributed by atoms with Crippen molar-refractivity contribution < 1.29 is 9.53 Å². The minimum atomic E-state index is -0.0340. The standard InChI is InChI=1S/C18H22N4O2/c1-13(19)16-7-2-3-10-22(16)18(23)14-5-4-6-15(11-14)24-17-12-20-8-9-21-17/h4-6,8-9,11-13,16H,2-3,7,10,19H2,1H3/t13-,16-/m1/s1. The summed E-state index contributed by atoms with van der Waals surface area (Å²) >= 11 is 0. The maximum absolute atomic E-state index is 12.9. The molecule has 0 radical (unpaired) electrons. The van der Waals surface area contributed by atoms with Crippen LogP contribution in [0.1, 0.15) is 36.5 Å². The molecule has 1 aliphatic heterocycles. The molecule has 2 heterocycles. The van der Waals surface area contributed by atoms with Crippen molar-refractivity contribution in [3.8, 4) is 11.6 Å². The van der Waals surface area contributed by atoms with Crippen molar-refractivity contribution in [3.63, 3.8) is 0 Å². The van der Waals surface area contributed by atoms with E-state index < -0.39 is 0 Å². The Morgan fingerprint density at radius 2 is 2.25 bits per heavy atom. The fourth-order valence-corrected chi connectivity index (χ4v) is 3.07. The van der Waals surface area contributed by atoms with E-state index in [1.807, 2.05) is 17.9 Å². The average Bonchev–Trinajstić information content (AvgIpc) is 2.62. The number of likely N-dealkylation sites (tertiary alicyclic amines) is 1. The first-order valence-electron chi connectivity index (χ1n) is 8.25. The maximum Gasteiger partial charge on any atom is 0.254 e. The van der Waals surface area contributed by atoms with E-state index >= 15 is 0 Å². The summed E-state index contributed by atoms with van der Waals surface area (Å²) in [7, 11) is 0. The number of aromatic nitrogens is 2. The third kappa shape index (κ3) is 3.71. The SMILES string of the molecule is C[C@@H](N)[C@H]1CCCCN1C(=O)c1cccc(Oc2cnccn2)c1. The Balaban J connectivity index is 1.78. The lowest BCUT2D eigenvalue weighted by Crippen LogP contribution is -2.51. The van der Waals surface area contributed by atoms with E-state index in [4.69, 9.17) is 10.5 Å². The number of carbonyl (C=O) groups excluding carboxylic acids is 1. The largest absolute Gasteiger partial charge is 0.437 e. The van der Waals surface area contributed by atoms with Crippen molar-refractivity contribution in [2.45, 2.75) is 38.3 Å². The molecule has 6 heteroatoms. The molecule has 6 nitrogen and oxygen atoms in total. The molecule has 1 amide bonds. The van der Waals surface area contributed by atoms with Gasteiger partial charge in [0.05, 0.1) is 6.20 Å². The number of amides is 1. The third-order valence-corrected chi connectivity index (χ3v) is 4.26. The summed E-state index contributed by atoms with van der Waals surface area (Å²) in [6.07, 6.45) is 7.77. The summed E-state index contributed by atoms with van der Waals surface area (Å²) in [4.78, 5) is 22.8. The zero-order valence-corrected chi connectivity index (χ0v) is 13.8. The summed E-state index contributed by atoms with van der Waals surface area (Å²) in [5, 5.41) is 0. The van der Waals surface area contributed by atoms with Gasteiger partial charge in [0, 0.05) is 36.6 Å². The Kier molecular flexibility index (Phi) is 5.05. The molecular formula is C18H22N4O2. The molecule has 0 spiro atoms. The lowest BCUT2D eigenvalue weighted by Gasteiger charge is -2.38. The second-order valence-corrected chi connectivity index (χ2v) is 6.09. The second-order valence-electron chi connectivity index (χ2n) is 6.09. The van der Waals surface area contributed by atoms with Crippen LogP contribution < -0.4 is 10.5 Å². The van der Waals surface area contributed by atoms with Gasteiger partial charge in [0.25, 0.3) is 5.91 Å². The molecule has 0 unspecified atom stereocenters. The Bertz CT molecular complexity index is 690. The van der Waals surface area contributed by atoms with Crippen LogP contribution in [-0.4, -0.2) is 39.4 Å². The lowest BCUT2D eigenvalue weighted by atomic mass is 9.96. The molecule has 24 heavy (non-hydrogen) atoms. The van der Waals surface area contributed by atoms with Crippen LogP contribution in [0, 0.1) is 0 Å². The summed E-state index contributed by atoms with van der Waals surface area (Å²) in [6, 6.07) is 7.21. The Morgan fingerprint density at radius 3 is 3.00 bits per heavy atom. The molecule has 2 aromatic rings. The van der Waals surface area contributed by atoms with Crippen LogP contribution in [0.5, 0.6) is 11.6 Å². The number of nitrogens with zero attached hydrogens (tertiary/aromatic N) is 3. The minimum Gasteiger partial charge on any atom is -0.437 e. The number of piperidine rings is 1. The maximum atomic E-state index is 12.9. The Morgan fingerprint density at radius 1 is 1.38 bits per heavy atom. The molecule has 0 saturated carbocycles. The number of carbonyl (C=O) groups is 1. The highest BCUT2D eigenvalue weighted by Crippen LogP contribution is 2.24. The van der Waals surface area contributed by atoms with Gasteiger partial charge in [-0.25, -0.2) is 4.98 Å². The van der Waals surface area contributed by atoms with Crippen molar-refractivity contribution in [2.24, 2.45) is 5.73 Å².